The van der Waals surface area contributed by atoms with Crippen LogP contribution < -0.4 is 10.1 Å². The Morgan fingerprint density at radius 3 is 3.00 bits per heavy atom. The molecular formula is C15H20N2O4. The monoisotopic (exact) mass is 292 g/mol. The molecule has 6 heteroatoms. The second-order valence-corrected chi connectivity index (χ2v) is 5.01. The lowest BCUT2D eigenvalue weighted by molar-refractivity contribution is -0.143. The summed E-state index contributed by atoms with van der Waals surface area (Å²) in [6.07, 6.45) is 1.34. The number of ether oxygens (including phenoxy) is 1. The Labute approximate surface area is 123 Å². The highest BCUT2D eigenvalue weighted by molar-refractivity contribution is 5.90. The zero-order valence-electron chi connectivity index (χ0n) is 12.0. The van der Waals surface area contributed by atoms with Crippen LogP contribution in [0.1, 0.15) is 19.8 Å². The van der Waals surface area contributed by atoms with Gasteiger partial charge in [0.15, 0.2) is 0 Å². The van der Waals surface area contributed by atoms with Gasteiger partial charge in [0.25, 0.3) is 0 Å². The van der Waals surface area contributed by atoms with E-state index in [0.717, 1.165) is 0 Å². The summed E-state index contributed by atoms with van der Waals surface area (Å²) in [5.41, 5.74) is 0.642. The molecule has 2 N–H and O–H groups in total. The lowest BCUT2D eigenvalue weighted by Gasteiger charge is -2.30. The van der Waals surface area contributed by atoms with Crippen LogP contribution in [0, 0.1) is 5.92 Å². The van der Waals surface area contributed by atoms with Crippen LogP contribution in [0.4, 0.5) is 10.5 Å². The highest BCUT2D eigenvalue weighted by atomic mass is 16.5. The van der Waals surface area contributed by atoms with Crippen LogP contribution in [0.3, 0.4) is 0 Å². The van der Waals surface area contributed by atoms with Gasteiger partial charge in [0.05, 0.1) is 12.5 Å². The van der Waals surface area contributed by atoms with Crippen LogP contribution in [0.2, 0.25) is 0 Å². The Hall–Kier alpha value is -2.24. The van der Waals surface area contributed by atoms with E-state index in [1.807, 2.05) is 13.0 Å². The molecule has 0 aromatic heterocycles. The van der Waals surface area contributed by atoms with Gasteiger partial charge in [-0.05, 0) is 31.9 Å². The number of piperidine rings is 1. The molecule has 2 rings (SSSR count). The topological polar surface area (TPSA) is 78.9 Å². The minimum absolute atomic E-state index is 0.256. The van der Waals surface area contributed by atoms with E-state index in [4.69, 9.17) is 9.84 Å². The van der Waals surface area contributed by atoms with Crippen LogP contribution in [-0.4, -0.2) is 41.7 Å². The Morgan fingerprint density at radius 1 is 1.48 bits per heavy atom. The number of nitrogens with zero attached hydrogens (tertiary/aromatic N) is 1. The number of benzene rings is 1. The van der Waals surface area contributed by atoms with Gasteiger partial charge < -0.3 is 20.1 Å². The van der Waals surface area contributed by atoms with Gasteiger partial charge in [-0.25, -0.2) is 4.79 Å². The first-order chi connectivity index (χ1) is 10.1. The molecule has 1 saturated heterocycles. The van der Waals surface area contributed by atoms with Crippen molar-refractivity contribution in [3.63, 3.8) is 0 Å². The number of anilines is 1. The molecule has 0 radical (unpaired) electrons. The predicted molar refractivity (Wildman–Crippen MR) is 78.6 cm³/mol. The first kappa shape index (κ1) is 15.2. The average molecular weight is 292 g/mol. The molecule has 1 unspecified atom stereocenters. The molecule has 0 aliphatic carbocycles. The molecule has 1 fully saturated rings. The van der Waals surface area contributed by atoms with Gasteiger partial charge in [-0.3, -0.25) is 4.79 Å². The van der Waals surface area contributed by atoms with E-state index < -0.39 is 11.9 Å². The molecule has 2 amide bonds. The maximum atomic E-state index is 12.2. The lowest BCUT2D eigenvalue weighted by atomic mass is 9.99. The van der Waals surface area contributed by atoms with Crippen molar-refractivity contribution in [3.05, 3.63) is 24.3 Å². The van der Waals surface area contributed by atoms with E-state index in [0.29, 0.717) is 37.4 Å². The number of carbonyl (C=O) groups excluding carboxylic acids is 1. The molecule has 114 valence electrons. The number of carbonyl (C=O) groups is 2. The summed E-state index contributed by atoms with van der Waals surface area (Å²) >= 11 is 0. The molecular weight excluding hydrogens is 272 g/mol. The molecule has 1 aliphatic heterocycles. The summed E-state index contributed by atoms with van der Waals surface area (Å²) in [7, 11) is 0. The molecule has 1 aromatic rings. The van der Waals surface area contributed by atoms with Gasteiger partial charge >= 0.3 is 12.0 Å². The maximum Gasteiger partial charge on any atom is 0.321 e. The fourth-order valence-corrected chi connectivity index (χ4v) is 2.40. The zero-order valence-corrected chi connectivity index (χ0v) is 12.0. The molecule has 0 bridgehead atoms. The molecule has 21 heavy (non-hydrogen) atoms. The third-order valence-corrected chi connectivity index (χ3v) is 3.45. The smallest absolute Gasteiger partial charge is 0.321 e. The minimum atomic E-state index is -0.842. The normalized spacial score (nSPS) is 18.1. The highest BCUT2D eigenvalue weighted by Gasteiger charge is 2.28. The Kier molecular flexibility index (Phi) is 5.03. The van der Waals surface area contributed by atoms with Gasteiger partial charge in [0.2, 0.25) is 0 Å². The first-order valence-electron chi connectivity index (χ1n) is 7.11. The number of nitrogens with one attached hydrogen (secondary N) is 1. The SMILES string of the molecule is CCOc1cccc(NC(=O)N2CCCC(C(=O)O)C2)c1. The average Bonchev–Trinajstić information content (AvgIpc) is 2.48. The zero-order chi connectivity index (χ0) is 15.2. The van der Waals surface area contributed by atoms with Crippen molar-refractivity contribution < 1.29 is 19.4 Å². The molecule has 6 nitrogen and oxygen atoms in total. The third kappa shape index (κ3) is 4.11. The fraction of sp³-hybridized carbons (Fsp3) is 0.467. The summed E-state index contributed by atoms with van der Waals surface area (Å²) in [6, 6.07) is 6.88. The third-order valence-electron chi connectivity index (χ3n) is 3.45. The van der Waals surface area contributed by atoms with Crippen molar-refractivity contribution in [1.82, 2.24) is 4.90 Å². The second-order valence-electron chi connectivity index (χ2n) is 5.01. The fourth-order valence-electron chi connectivity index (χ4n) is 2.40. The van der Waals surface area contributed by atoms with Crippen LogP contribution in [0.5, 0.6) is 5.75 Å². The van der Waals surface area contributed by atoms with E-state index in [9.17, 15) is 9.59 Å². The van der Waals surface area contributed by atoms with Crippen molar-refractivity contribution in [2.45, 2.75) is 19.8 Å². The number of carboxylic acids is 1. The maximum absolute atomic E-state index is 12.2. The number of urea groups is 1. The standard InChI is InChI=1S/C15H20N2O4/c1-2-21-13-7-3-6-12(9-13)16-15(20)17-8-4-5-11(10-17)14(18)19/h3,6-7,9,11H,2,4-5,8,10H2,1H3,(H,16,20)(H,18,19). The van der Waals surface area contributed by atoms with Gasteiger partial charge in [0.1, 0.15) is 5.75 Å². The number of aliphatic carboxylic acids is 1. The van der Waals surface area contributed by atoms with Gasteiger partial charge in [0, 0.05) is 24.8 Å². The molecule has 1 aliphatic rings. The summed E-state index contributed by atoms with van der Waals surface area (Å²) in [5, 5.41) is 11.8. The molecule has 0 saturated carbocycles. The van der Waals surface area contributed by atoms with Gasteiger partial charge in [-0.2, -0.15) is 0 Å². The van der Waals surface area contributed by atoms with Crippen LogP contribution in [0.25, 0.3) is 0 Å². The molecule has 1 aromatic carbocycles. The number of carboxylic acid groups (broad SMARTS) is 1. The Bertz CT molecular complexity index is 518. The van der Waals surface area contributed by atoms with Crippen molar-refractivity contribution in [1.29, 1.82) is 0 Å². The van der Waals surface area contributed by atoms with E-state index in [1.165, 1.54) is 0 Å². The van der Waals surface area contributed by atoms with E-state index >= 15 is 0 Å². The minimum Gasteiger partial charge on any atom is -0.494 e. The van der Waals surface area contributed by atoms with E-state index in [1.54, 1.807) is 23.1 Å². The predicted octanol–water partition coefficient (Wildman–Crippen LogP) is 2.41. The first-order valence-corrected chi connectivity index (χ1v) is 7.11. The van der Waals surface area contributed by atoms with Gasteiger partial charge in [-0.1, -0.05) is 6.07 Å². The summed E-state index contributed by atoms with van der Waals surface area (Å²) in [5.74, 6) is -0.623. The number of hydrogen-bond donors (Lipinski definition) is 2. The molecule has 1 atom stereocenters. The quantitative estimate of drug-likeness (QED) is 0.893. The van der Waals surface area contributed by atoms with Crippen molar-refractivity contribution in [2.24, 2.45) is 5.92 Å². The van der Waals surface area contributed by atoms with E-state index in [2.05, 4.69) is 5.32 Å². The number of amides is 2. The molecule has 0 spiro atoms. The summed E-state index contributed by atoms with van der Waals surface area (Å²) in [6.45, 7) is 3.29. The van der Waals surface area contributed by atoms with E-state index in [-0.39, 0.29) is 12.6 Å². The largest absolute Gasteiger partial charge is 0.494 e. The van der Waals surface area contributed by atoms with Crippen molar-refractivity contribution in [3.8, 4) is 5.75 Å². The van der Waals surface area contributed by atoms with Gasteiger partial charge in [-0.15, -0.1) is 0 Å². The van der Waals surface area contributed by atoms with Crippen LogP contribution >= 0.6 is 0 Å². The lowest BCUT2D eigenvalue weighted by Crippen LogP contribution is -2.44. The van der Waals surface area contributed by atoms with Crippen LogP contribution in [-0.2, 0) is 4.79 Å². The van der Waals surface area contributed by atoms with Crippen molar-refractivity contribution in [2.75, 3.05) is 25.0 Å². The summed E-state index contributed by atoms with van der Waals surface area (Å²) in [4.78, 5) is 24.8. The number of hydrogen-bond acceptors (Lipinski definition) is 3. The molecule has 1 heterocycles. The Morgan fingerprint density at radius 2 is 2.29 bits per heavy atom. The highest BCUT2D eigenvalue weighted by Crippen LogP contribution is 2.20. The summed E-state index contributed by atoms with van der Waals surface area (Å²) < 4.78 is 5.38. The second kappa shape index (κ2) is 6.97. The number of likely N-dealkylation sites (tertiary alicyclic amines) is 1. The van der Waals surface area contributed by atoms with Crippen molar-refractivity contribution >= 4 is 17.7 Å². The van der Waals surface area contributed by atoms with Crippen LogP contribution in [0.15, 0.2) is 24.3 Å². The number of rotatable bonds is 4. The Balaban J connectivity index is 1.97.